The molecule has 4 aromatic carbocycles. The van der Waals surface area contributed by atoms with E-state index in [0.29, 0.717) is 17.9 Å². The van der Waals surface area contributed by atoms with Gasteiger partial charge in [-0.25, -0.2) is 0 Å². The molecule has 0 radical (unpaired) electrons. The lowest BCUT2D eigenvalue weighted by Crippen LogP contribution is -2.40. The molecule has 0 aliphatic heterocycles. The summed E-state index contributed by atoms with van der Waals surface area (Å²) in [5.74, 6) is 0.724. The standard InChI is InChI=1S/C30H27NO2/c1-33-27-16-17-28(23-12-6-3-7-13-23)29(20-27)30(32)31(21-22-10-4-2-5-11-22)26-18-24-14-8-9-15-25(24)19-26/h2-17,20,26H,18-19,21H2,1H3. The quantitative estimate of drug-likeness (QED) is 0.364. The first-order valence-corrected chi connectivity index (χ1v) is 11.4. The summed E-state index contributed by atoms with van der Waals surface area (Å²) in [4.78, 5) is 16.3. The van der Waals surface area contributed by atoms with Crippen molar-refractivity contribution >= 4 is 5.91 Å². The van der Waals surface area contributed by atoms with Crippen LogP contribution in [-0.4, -0.2) is 24.0 Å². The molecule has 0 fully saturated rings. The van der Waals surface area contributed by atoms with Crippen molar-refractivity contribution in [1.82, 2.24) is 4.90 Å². The van der Waals surface area contributed by atoms with E-state index in [4.69, 9.17) is 4.74 Å². The molecule has 0 aromatic heterocycles. The van der Waals surface area contributed by atoms with Crippen LogP contribution in [-0.2, 0) is 19.4 Å². The topological polar surface area (TPSA) is 29.5 Å². The van der Waals surface area contributed by atoms with E-state index in [1.54, 1.807) is 7.11 Å². The van der Waals surface area contributed by atoms with Gasteiger partial charge in [0.25, 0.3) is 5.91 Å². The van der Waals surface area contributed by atoms with E-state index in [0.717, 1.165) is 29.5 Å². The monoisotopic (exact) mass is 433 g/mol. The van der Waals surface area contributed by atoms with Crippen LogP contribution in [0.3, 0.4) is 0 Å². The van der Waals surface area contributed by atoms with Crippen molar-refractivity contribution in [3.8, 4) is 16.9 Å². The molecule has 0 spiro atoms. The first-order valence-electron chi connectivity index (χ1n) is 11.4. The number of ether oxygens (including phenoxy) is 1. The van der Waals surface area contributed by atoms with Gasteiger partial charge in [0.1, 0.15) is 5.75 Å². The number of carbonyl (C=O) groups is 1. The zero-order valence-corrected chi connectivity index (χ0v) is 18.8. The van der Waals surface area contributed by atoms with Crippen molar-refractivity contribution in [2.24, 2.45) is 0 Å². The Labute approximate surface area is 195 Å². The predicted molar refractivity (Wildman–Crippen MR) is 132 cm³/mol. The van der Waals surface area contributed by atoms with E-state index in [-0.39, 0.29) is 11.9 Å². The summed E-state index contributed by atoms with van der Waals surface area (Å²) in [6, 6.07) is 34.8. The van der Waals surface area contributed by atoms with Crippen LogP contribution in [0, 0.1) is 0 Å². The molecule has 1 aliphatic carbocycles. The highest BCUT2D eigenvalue weighted by molar-refractivity contribution is 6.01. The maximum atomic E-state index is 14.2. The van der Waals surface area contributed by atoms with Gasteiger partial charge < -0.3 is 9.64 Å². The maximum absolute atomic E-state index is 14.2. The van der Waals surface area contributed by atoms with Gasteiger partial charge in [0.15, 0.2) is 0 Å². The fourth-order valence-electron chi connectivity index (χ4n) is 4.75. The number of nitrogens with zero attached hydrogens (tertiary/aromatic N) is 1. The number of hydrogen-bond donors (Lipinski definition) is 0. The third kappa shape index (κ3) is 4.40. The normalized spacial score (nSPS) is 12.9. The van der Waals surface area contributed by atoms with Gasteiger partial charge in [-0.1, -0.05) is 84.9 Å². The summed E-state index contributed by atoms with van der Waals surface area (Å²) in [6.45, 7) is 0.573. The van der Waals surface area contributed by atoms with Crippen LogP contribution in [0.1, 0.15) is 27.0 Å². The van der Waals surface area contributed by atoms with Crippen LogP contribution in [0.2, 0.25) is 0 Å². The first kappa shape index (κ1) is 21.0. The fourth-order valence-corrected chi connectivity index (χ4v) is 4.75. The number of amides is 1. The molecule has 4 aromatic rings. The van der Waals surface area contributed by atoms with Crippen LogP contribution < -0.4 is 4.74 Å². The number of carbonyl (C=O) groups excluding carboxylic acids is 1. The molecule has 0 N–H and O–H groups in total. The van der Waals surface area contributed by atoms with Crippen molar-refractivity contribution in [2.75, 3.05) is 7.11 Å². The van der Waals surface area contributed by atoms with Gasteiger partial charge in [0.05, 0.1) is 12.7 Å². The second kappa shape index (κ2) is 9.33. The third-order valence-corrected chi connectivity index (χ3v) is 6.47. The number of rotatable bonds is 6. The van der Waals surface area contributed by atoms with Gasteiger partial charge in [-0.2, -0.15) is 0 Å². The summed E-state index contributed by atoms with van der Waals surface area (Å²) in [6.07, 6.45) is 1.75. The lowest BCUT2D eigenvalue weighted by molar-refractivity contribution is 0.0668. The van der Waals surface area contributed by atoms with E-state index in [9.17, 15) is 4.79 Å². The van der Waals surface area contributed by atoms with E-state index in [1.165, 1.54) is 11.1 Å². The summed E-state index contributed by atoms with van der Waals surface area (Å²) in [5.41, 5.74) is 6.43. The minimum Gasteiger partial charge on any atom is -0.497 e. The Kier molecular flexibility index (Phi) is 5.95. The number of hydrogen-bond acceptors (Lipinski definition) is 2. The molecule has 33 heavy (non-hydrogen) atoms. The Morgan fingerprint density at radius 3 is 2.06 bits per heavy atom. The van der Waals surface area contributed by atoms with Gasteiger partial charge in [-0.05, 0) is 58.9 Å². The minimum atomic E-state index is 0.0365. The van der Waals surface area contributed by atoms with E-state index in [2.05, 4.69) is 41.3 Å². The summed E-state index contributed by atoms with van der Waals surface area (Å²) in [7, 11) is 1.64. The molecular weight excluding hydrogens is 406 g/mol. The first-order chi connectivity index (χ1) is 16.2. The number of methoxy groups -OCH3 is 1. The number of benzene rings is 4. The van der Waals surface area contributed by atoms with Gasteiger partial charge in [0, 0.05) is 12.6 Å². The van der Waals surface area contributed by atoms with Crippen LogP contribution >= 0.6 is 0 Å². The van der Waals surface area contributed by atoms with E-state index >= 15 is 0 Å². The SMILES string of the molecule is COc1ccc(-c2ccccc2)c(C(=O)N(Cc2ccccc2)C2Cc3ccccc3C2)c1. The molecular formula is C30H27NO2. The van der Waals surface area contributed by atoms with Crippen molar-refractivity contribution < 1.29 is 9.53 Å². The minimum absolute atomic E-state index is 0.0365. The van der Waals surface area contributed by atoms with E-state index in [1.807, 2.05) is 66.7 Å². The lowest BCUT2D eigenvalue weighted by Gasteiger charge is -2.30. The molecule has 0 heterocycles. The smallest absolute Gasteiger partial charge is 0.255 e. The molecule has 0 saturated heterocycles. The Morgan fingerprint density at radius 1 is 0.818 bits per heavy atom. The van der Waals surface area contributed by atoms with Crippen molar-refractivity contribution in [2.45, 2.75) is 25.4 Å². The van der Waals surface area contributed by atoms with Crippen molar-refractivity contribution in [1.29, 1.82) is 0 Å². The molecule has 3 heteroatoms. The highest BCUT2D eigenvalue weighted by atomic mass is 16.5. The maximum Gasteiger partial charge on any atom is 0.255 e. The second-order valence-corrected chi connectivity index (χ2v) is 8.53. The Hall–Kier alpha value is -3.85. The highest BCUT2D eigenvalue weighted by Crippen LogP contribution is 2.32. The molecule has 0 saturated carbocycles. The van der Waals surface area contributed by atoms with Crippen LogP contribution in [0.25, 0.3) is 11.1 Å². The second-order valence-electron chi connectivity index (χ2n) is 8.53. The number of fused-ring (bicyclic) bond motifs is 1. The Balaban J connectivity index is 1.56. The summed E-state index contributed by atoms with van der Waals surface area (Å²) >= 11 is 0. The third-order valence-electron chi connectivity index (χ3n) is 6.47. The van der Waals surface area contributed by atoms with Gasteiger partial charge in [0.2, 0.25) is 0 Å². The van der Waals surface area contributed by atoms with Gasteiger partial charge >= 0.3 is 0 Å². The predicted octanol–water partition coefficient (Wildman–Crippen LogP) is 6.17. The van der Waals surface area contributed by atoms with Crippen molar-refractivity contribution in [3.63, 3.8) is 0 Å². The summed E-state index contributed by atoms with van der Waals surface area (Å²) in [5, 5.41) is 0. The van der Waals surface area contributed by atoms with Gasteiger partial charge in [-0.15, -0.1) is 0 Å². The van der Waals surface area contributed by atoms with Gasteiger partial charge in [-0.3, -0.25) is 4.79 Å². The summed E-state index contributed by atoms with van der Waals surface area (Å²) < 4.78 is 5.50. The highest BCUT2D eigenvalue weighted by Gasteiger charge is 2.31. The average molecular weight is 434 g/mol. The zero-order valence-electron chi connectivity index (χ0n) is 18.8. The molecule has 1 aliphatic rings. The lowest BCUT2D eigenvalue weighted by atomic mass is 9.97. The largest absolute Gasteiger partial charge is 0.497 e. The molecule has 164 valence electrons. The molecule has 0 atom stereocenters. The molecule has 0 bridgehead atoms. The van der Waals surface area contributed by atoms with E-state index < -0.39 is 0 Å². The van der Waals surface area contributed by atoms with Crippen molar-refractivity contribution in [3.05, 3.63) is 125 Å². The van der Waals surface area contributed by atoms with Crippen LogP contribution in [0.5, 0.6) is 5.75 Å². The molecule has 0 unspecified atom stereocenters. The van der Waals surface area contributed by atoms with Crippen LogP contribution in [0.15, 0.2) is 103 Å². The Morgan fingerprint density at radius 2 is 1.42 bits per heavy atom. The molecule has 1 amide bonds. The zero-order chi connectivity index (χ0) is 22.6. The van der Waals surface area contributed by atoms with Crippen LogP contribution in [0.4, 0.5) is 0 Å². The Bertz CT molecular complexity index is 1230. The fraction of sp³-hybridized carbons (Fsp3) is 0.167. The average Bonchev–Trinajstić information content (AvgIpc) is 3.31. The molecule has 3 nitrogen and oxygen atoms in total. The molecule has 5 rings (SSSR count).